The fraction of sp³-hybridized carbons (Fsp3) is 0.0833. The second kappa shape index (κ2) is 5.41. The number of non-ortho nitro benzene ring substituents is 1. The van der Waals surface area contributed by atoms with Crippen molar-refractivity contribution in [1.82, 2.24) is 9.55 Å². The molecule has 0 aliphatic carbocycles. The van der Waals surface area contributed by atoms with Crippen LogP contribution in [0.4, 0.5) is 11.4 Å². The van der Waals surface area contributed by atoms with Crippen molar-refractivity contribution >= 4 is 17.3 Å². The Morgan fingerprint density at radius 2 is 2.10 bits per heavy atom. The molecule has 9 nitrogen and oxygen atoms in total. The van der Waals surface area contributed by atoms with E-state index in [0.717, 1.165) is 16.8 Å². The molecule has 0 unspecified atom stereocenters. The second-order valence-electron chi connectivity index (χ2n) is 4.13. The lowest BCUT2D eigenvalue weighted by Crippen LogP contribution is -2.37. The Bertz CT molecular complexity index is 836. The summed E-state index contributed by atoms with van der Waals surface area (Å²) in [6, 6.07) is 5.28. The molecule has 0 aliphatic rings. The third kappa shape index (κ3) is 2.86. The van der Waals surface area contributed by atoms with Gasteiger partial charge in [-0.25, -0.2) is 4.79 Å². The lowest BCUT2D eigenvalue weighted by molar-refractivity contribution is -0.384. The molecule has 0 saturated heterocycles. The summed E-state index contributed by atoms with van der Waals surface area (Å²) >= 11 is 0. The Balaban J connectivity index is 2.33. The van der Waals surface area contributed by atoms with Crippen molar-refractivity contribution in [1.29, 1.82) is 0 Å². The Hall–Kier alpha value is -3.23. The van der Waals surface area contributed by atoms with Crippen LogP contribution in [0, 0.1) is 10.1 Å². The number of carbonyl (C=O) groups excluding carboxylic acids is 1. The van der Waals surface area contributed by atoms with Crippen LogP contribution in [0.5, 0.6) is 0 Å². The van der Waals surface area contributed by atoms with Crippen LogP contribution in [0.15, 0.2) is 40.1 Å². The van der Waals surface area contributed by atoms with Gasteiger partial charge in [-0.3, -0.25) is 24.3 Å². The molecule has 1 aromatic carbocycles. The molecule has 108 valence electrons. The summed E-state index contributed by atoms with van der Waals surface area (Å²) in [6.45, 7) is 0. The minimum Gasteiger partial charge on any atom is -0.322 e. The van der Waals surface area contributed by atoms with E-state index in [4.69, 9.17) is 0 Å². The number of hydrogen-bond donors (Lipinski definition) is 2. The molecule has 0 spiro atoms. The summed E-state index contributed by atoms with van der Waals surface area (Å²) in [4.78, 5) is 47.2. The van der Waals surface area contributed by atoms with Gasteiger partial charge in [-0.15, -0.1) is 0 Å². The number of nitrogens with one attached hydrogen (secondary N) is 2. The van der Waals surface area contributed by atoms with E-state index in [9.17, 15) is 24.5 Å². The van der Waals surface area contributed by atoms with Crippen LogP contribution in [0.3, 0.4) is 0 Å². The van der Waals surface area contributed by atoms with Gasteiger partial charge >= 0.3 is 5.69 Å². The lowest BCUT2D eigenvalue weighted by atomic mass is 10.2. The highest BCUT2D eigenvalue weighted by Crippen LogP contribution is 2.17. The van der Waals surface area contributed by atoms with Crippen LogP contribution in [0.25, 0.3) is 0 Å². The molecule has 2 N–H and O–H groups in total. The summed E-state index contributed by atoms with van der Waals surface area (Å²) in [5.74, 6) is -0.771. The number of anilines is 1. The molecule has 1 aromatic heterocycles. The van der Waals surface area contributed by atoms with Gasteiger partial charge in [0.1, 0.15) is 5.56 Å². The van der Waals surface area contributed by atoms with Crippen molar-refractivity contribution in [2.75, 3.05) is 5.32 Å². The Morgan fingerprint density at radius 1 is 1.38 bits per heavy atom. The zero-order chi connectivity index (χ0) is 15.6. The summed E-state index contributed by atoms with van der Waals surface area (Å²) in [7, 11) is 1.23. The average molecular weight is 290 g/mol. The minimum absolute atomic E-state index is 0.169. The fourth-order valence-electron chi connectivity index (χ4n) is 1.62. The predicted molar refractivity (Wildman–Crippen MR) is 73.4 cm³/mol. The third-order valence-electron chi connectivity index (χ3n) is 2.74. The maximum absolute atomic E-state index is 12.0. The highest BCUT2D eigenvalue weighted by atomic mass is 16.6. The van der Waals surface area contributed by atoms with Gasteiger partial charge in [-0.1, -0.05) is 6.07 Å². The molecule has 2 aromatic rings. The van der Waals surface area contributed by atoms with Crippen molar-refractivity contribution in [3.63, 3.8) is 0 Å². The highest BCUT2D eigenvalue weighted by Gasteiger charge is 2.14. The molecular weight excluding hydrogens is 280 g/mol. The van der Waals surface area contributed by atoms with Gasteiger partial charge in [0.05, 0.1) is 4.92 Å². The first kappa shape index (κ1) is 14.2. The molecule has 2 rings (SSSR count). The Kier molecular flexibility index (Phi) is 3.65. The average Bonchev–Trinajstić information content (AvgIpc) is 2.45. The van der Waals surface area contributed by atoms with Crippen LogP contribution >= 0.6 is 0 Å². The SMILES string of the molecule is Cn1c(=O)[nH]cc(C(=O)Nc2cccc([N+](=O)[O-])c2)c1=O. The number of nitrogens with zero attached hydrogens (tertiary/aromatic N) is 2. The number of benzene rings is 1. The molecule has 1 heterocycles. The van der Waals surface area contributed by atoms with Gasteiger partial charge in [-0.2, -0.15) is 0 Å². The first-order valence-corrected chi connectivity index (χ1v) is 5.74. The van der Waals surface area contributed by atoms with Crippen LogP contribution in [-0.2, 0) is 7.05 Å². The van der Waals surface area contributed by atoms with E-state index in [0.29, 0.717) is 0 Å². The van der Waals surface area contributed by atoms with Crippen molar-refractivity contribution in [3.05, 3.63) is 67.0 Å². The number of aromatic amines is 1. The van der Waals surface area contributed by atoms with Gasteiger partial charge < -0.3 is 10.3 Å². The maximum Gasteiger partial charge on any atom is 0.328 e. The predicted octanol–water partition coefficient (Wildman–Crippen LogP) is 0.234. The normalized spacial score (nSPS) is 10.1. The van der Waals surface area contributed by atoms with E-state index in [1.54, 1.807) is 0 Å². The highest BCUT2D eigenvalue weighted by molar-refractivity contribution is 6.03. The van der Waals surface area contributed by atoms with Crippen LogP contribution < -0.4 is 16.6 Å². The van der Waals surface area contributed by atoms with Gasteiger partial charge in [0.25, 0.3) is 17.2 Å². The zero-order valence-corrected chi connectivity index (χ0v) is 10.8. The van der Waals surface area contributed by atoms with Crippen LogP contribution in [-0.4, -0.2) is 20.4 Å². The smallest absolute Gasteiger partial charge is 0.322 e. The first-order chi connectivity index (χ1) is 9.90. The standard InChI is InChI=1S/C12H10N4O5/c1-15-11(18)9(6-13-12(15)19)10(17)14-7-3-2-4-8(5-7)16(20)21/h2-6H,1H3,(H,13,19)(H,14,17). The van der Waals surface area contributed by atoms with E-state index < -0.39 is 22.1 Å². The molecular formula is C12H10N4O5. The number of hydrogen-bond acceptors (Lipinski definition) is 5. The molecule has 21 heavy (non-hydrogen) atoms. The Labute approximate surface area is 117 Å². The first-order valence-electron chi connectivity index (χ1n) is 5.74. The number of carbonyl (C=O) groups is 1. The molecule has 0 aliphatic heterocycles. The van der Waals surface area contributed by atoms with Gasteiger partial charge in [0.15, 0.2) is 0 Å². The molecule has 0 radical (unpaired) electrons. The van der Waals surface area contributed by atoms with Crippen molar-refractivity contribution in [2.24, 2.45) is 7.05 Å². The molecule has 0 fully saturated rings. The second-order valence-corrected chi connectivity index (χ2v) is 4.13. The van der Waals surface area contributed by atoms with E-state index >= 15 is 0 Å². The Morgan fingerprint density at radius 3 is 2.76 bits per heavy atom. The molecule has 0 atom stereocenters. The zero-order valence-electron chi connectivity index (χ0n) is 10.8. The number of nitro benzene ring substituents is 1. The van der Waals surface area contributed by atoms with Gasteiger partial charge in [0, 0.05) is 31.1 Å². The lowest BCUT2D eigenvalue weighted by Gasteiger charge is -2.05. The van der Waals surface area contributed by atoms with Crippen LogP contribution in [0.2, 0.25) is 0 Å². The maximum atomic E-state index is 12.0. The topological polar surface area (TPSA) is 127 Å². The summed E-state index contributed by atoms with van der Waals surface area (Å²) in [6.07, 6.45) is 0.997. The number of amides is 1. The third-order valence-corrected chi connectivity index (χ3v) is 2.74. The van der Waals surface area contributed by atoms with Crippen LogP contribution in [0.1, 0.15) is 10.4 Å². The monoisotopic (exact) mass is 290 g/mol. The van der Waals surface area contributed by atoms with E-state index in [1.165, 1.54) is 25.2 Å². The van der Waals surface area contributed by atoms with Crippen molar-refractivity contribution < 1.29 is 9.72 Å². The number of nitro groups is 1. The molecule has 0 bridgehead atoms. The minimum atomic E-state index is -0.771. The number of aromatic nitrogens is 2. The van der Waals surface area contributed by atoms with Gasteiger partial charge in [0.2, 0.25) is 0 Å². The summed E-state index contributed by atoms with van der Waals surface area (Å²) in [5, 5.41) is 13.0. The summed E-state index contributed by atoms with van der Waals surface area (Å²) in [5.41, 5.74) is -1.71. The van der Waals surface area contributed by atoms with Gasteiger partial charge in [-0.05, 0) is 6.07 Å². The molecule has 1 amide bonds. The number of rotatable bonds is 3. The van der Waals surface area contributed by atoms with E-state index in [1.807, 2.05) is 0 Å². The summed E-state index contributed by atoms with van der Waals surface area (Å²) < 4.78 is 0.752. The fourth-order valence-corrected chi connectivity index (χ4v) is 1.62. The van der Waals surface area contributed by atoms with E-state index in [2.05, 4.69) is 10.3 Å². The molecule has 9 heteroatoms. The van der Waals surface area contributed by atoms with E-state index in [-0.39, 0.29) is 16.9 Å². The quantitative estimate of drug-likeness (QED) is 0.618. The molecule has 0 saturated carbocycles. The largest absolute Gasteiger partial charge is 0.328 e. The van der Waals surface area contributed by atoms with Crippen molar-refractivity contribution in [3.8, 4) is 0 Å². The van der Waals surface area contributed by atoms with Crippen molar-refractivity contribution in [2.45, 2.75) is 0 Å². The number of H-pyrrole nitrogens is 1.